The molecule has 0 N–H and O–H groups in total. The van der Waals surface area contributed by atoms with Gasteiger partial charge in [-0.25, -0.2) is 0 Å². The van der Waals surface area contributed by atoms with E-state index in [-0.39, 0.29) is 11.7 Å². The molecule has 0 radical (unpaired) electrons. The van der Waals surface area contributed by atoms with Crippen molar-refractivity contribution < 1.29 is 19.0 Å². The minimum absolute atomic E-state index is 0.191. The molecule has 5 nitrogen and oxygen atoms in total. The van der Waals surface area contributed by atoms with E-state index >= 15 is 0 Å². The van der Waals surface area contributed by atoms with Crippen LogP contribution in [-0.2, 0) is 4.79 Å². The lowest BCUT2D eigenvalue weighted by Gasteiger charge is -2.18. The van der Waals surface area contributed by atoms with Gasteiger partial charge in [-0.05, 0) is 53.6 Å². The normalized spacial score (nSPS) is 12.1. The fourth-order valence-electron chi connectivity index (χ4n) is 2.87. The van der Waals surface area contributed by atoms with Crippen LogP contribution in [-0.4, -0.2) is 24.9 Å². The molecule has 0 saturated carbocycles. The summed E-state index contributed by atoms with van der Waals surface area (Å²) in [5.41, 5.74) is 2.60. The van der Waals surface area contributed by atoms with E-state index in [0.717, 1.165) is 21.8 Å². The van der Waals surface area contributed by atoms with Crippen LogP contribution >= 0.6 is 11.8 Å². The zero-order chi connectivity index (χ0) is 20.1. The highest BCUT2D eigenvalue weighted by molar-refractivity contribution is 8.00. The second kappa shape index (κ2) is 8.72. The van der Waals surface area contributed by atoms with Crippen LogP contribution in [0.1, 0.15) is 5.56 Å². The summed E-state index contributed by atoms with van der Waals surface area (Å²) in [6, 6.07) is 22.4. The molecular formula is C23H17NO4S. The van der Waals surface area contributed by atoms with E-state index in [1.165, 1.54) is 11.8 Å². The van der Waals surface area contributed by atoms with Gasteiger partial charge in [0.15, 0.2) is 11.5 Å². The average molecular weight is 403 g/mol. The Morgan fingerprint density at radius 1 is 0.931 bits per heavy atom. The van der Waals surface area contributed by atoms with Crippen molar-refractivity contribution in [2.75, 3.05) is 19.0 Å². The second-order valence-corrected chi connectivity index (χ2v) is 7.33. The molecule has 0 atom stereocenters. The van der Waals surface area contributed by atoms with Gasteiger partial charge < -0.3 is 14.2 Å². The maximum Gasteiger partial charge on any atom is 0.321 e. The highest BCUT2D eigenvalue weighted by atomic mass is 32.2. The van der Waals surface area contributed by atoms with Crippen molar-refractivity contribution in [3.05, 3.63) is 72.3 Å². The Morgan fingerprint density at radius 3 is 2.28 bits per heavy atom. The first kappa shape index (κ1) is 18.9. The molecule has 1 heterocycles. The molecule has 144 valence electrons. The smallest absolute Gasteiger partial charge is 0.321 e. The Balaban J connectivity index is 1.33. The van der Waals surface area contributed by atoms with E-state index in [2.05, 4.69) is 6.07 Å². The molecule has 29 heavy (non-hydrogen) atoms. The predicted molar refractivity (Wildman–Crippen MR) is 110 cm³/mol. The van der Waals surface area contributed by atoms with Crippen LogP contribution in [0.25, 0.3) is 11.1 Å². The van der Waals surface area contributed by atoms with Gasteiger partial charge >= 0.3 is 5.97 Å². The van der Waals surface area contributed by atoms with Crippen molar-refractivity contribution >= 4 is 17.7 Å². The van der Waals surface area contributed by atoms with E-state index < -0.39 is 0 Å². The first-order valence-corrected chi connectivity index (χ1v) is 10.0. The third-order valence-corrected chi connectivity index (χ3v) is 5.27. The van der Waals surface area contributed by atoms with Gasteiger partial charge in [0.1, 0.15) is 19.0 Å². The molecular weight excluding hydrogens is 386 g/mol. The van der Waals surface area contributed by atoms with E-state index in [1.807, 2.05) is 42.5 Å². The SMILES string of the molecule is N#Cc1ccc(-c2ccc(OC(=O)CSc3ccc4c(c3)OCCO4)cc2)cc1. The topological polar surface area (TPSA) is 68.5 Å². The minimum Gasteiger partial charge on any atom is -0.486 e. The largest absolute Gasteiger partial charge is 0.486 e. The molecule has 3 aromatic carbocycles. The molecule has 1 aliphatic rings. The van der Waals surface area contributed by atoms with Gasteiger partial charge in [-0.2, -0.15) is 5.26 Å². The van der Waals surface area contributed by atoms with Crippen molar-refractivity contribution in [3.8, 4) is 34.4 Å². The van der Waals surface area contributed by atoms with Gasteiger partial charge in [0.25, 0.3) is 0 Å². The Labute approximate surface area is 172 Å². The monoisotopic (exact) mass is 403 g/mol. The van der Waals surface area contributed by atoms with Crippen molar-refractivity contribution in [1.29, 1.82) is 5.26 Å². The van der Waals surface area contributed by atoms with Crippen molar-refractivity contribution in [1.82, 2.24) is 0 Å². The molecule has 0 spiro atoms. The molecule has 0 fully saturated rings. The van der Waals surface area contributed by atoms with E-state index in [1.54, 1.807) is 24.3 Å². The van der Waals surface area contributed by atoms with Crippen LogP contribution in [0.15, 0.2) is 71.6 Å². The van der Waals surface area contributed by atoms with Gasteiger partial charge in [0, 0.05) is 4.90 Å². The number of nitrogens with zero attached hydrogens (tertiary/aromatic N) is 1. The number of fused-ring (bicyclic) bond motifs is 1. The summed E-state index contributed by atoms with van der Waals surface area (Å²) in [6.45, 7) is 1.08. The summed E-state index contributed by atoms with van der Waals surface area (Å²) in [6.07, 6.45) is 0. The van der Waals surface area contributed by atoms with Crippen LogP contribution in [0.2, 0.25) is 0 Å². The Hall–Kier alpha value is -3.43. The Bertz CT molecular complexity index is 1060. The number of benzene rings is 3. The molecule has 0 unspecified atom stereocenters. The Kier molecular flexibility index (Phi) is 5.68. The quantitative estimate of drug-likeness (QED) is 0.350. The zero-order valence-electron chi connectivity index (χ0n) is 15.5. The molecule has 0 saturated heterocycles. The number of hydrogen-bond acceptors (Lipinski definition) is 6. The highest BCUT2D eigenvalue weighted by Gasteiger charge is 2.13. The molecule has 0 amide bonds. The number of ether oxygens (including phenoxy) is 3. The molecule has 3 aromatic rings. The molecule has 1 aliphatic heterocycles. The fraction of sp³-hybridized carbons (Fsp3) is 0.130. The van der Waals surface area contributed by atoms with Crippen LogP contribution in [0.4, 0.5) is 0 Å². The highest BCUT2D eigenvalue weighted by Crippen LogP contribution is 2.34. The summed E-state index contributed by atoms with van der Waals surface area (Å²) >= 11 is 1.39. The van der Waals surface area contributed by atoms with Gasteiger partial charge in [-0.3, -0.25) is 4.79 Å². The van der Waals surface area contributed by atoms with E-state index in [0.29, 0.717) is 30.3 Å². The lowest BCUT2D eigenvalue weighted by molar-refractivity contribution is -0.131. The molecule has 0 aromatic heterocycles. The maximum absolute atomic E-state index is 12.2. The third kappa shape index (κ3) is 4.71. The second-order valence-electron chi connectivity index (χ2n) is 6.28. The summed E-state index contributed by atoms with van der Waals surface area (Å²) < 4.78 is 16.5. The summed E-state index contributed by atoms with van der Waals surface area (Å²) in [5.74, 6) is 1.79. The van der Waals surface area contributed by atoms with E-state index in [4.69, 9.17) is 19.5 Å². The van der Waals surface area contributed by atoms with Crippen molar-refractivity contribution in [2.24, 2.45) is 0 Å². The molecule has 4 rings (SSSR count). The first-order chi connectivity index (χ1) is 14.2. The van der Waals surface area contributed by atoms with Gasteiger partial charge in [0.2, 0.25) is 0 Å². The fourth-order valence-corrected chi connectivity index (χ4v) is 3.57. The number of carbonyl (C=O) groups is 1. The summed E-state index contributed by atoms with van der Waals surface area (Å²) in [4.78, 5) is 13.1. The summed E-state index contributed by atoms with van der Waals surface area (Å²) in [7, 11) is 0. The number of hydrogen-bond donors (Lipinski definition) is 0. The predicted octanol–water partition coefficient (Wildman–Crippen LogP) is 4.69. The first-order valence-electron chi connectivity index (χ1n) is 9.05. The average Bonchev–Trinajstić information content (AvgIpc) is 2.78. The number of esters is 1. The summed E-state index contributed by atoms with van der Waals surface area (Å²) in [5, 5.41) is 8.88. The van der Waals surface area contributed by atoms with Gasteiger partial charge in [-0.1, -0.05) is 24.3 Å². The van der Waals surface area contributed by atoms with Crippen LogP contribution < -0.4 is 14.2 Å². The minimum atomic E-state index is -0.323. The van der Waals surface area contributed by atoms with Crippen LogP contribution in [0.3, 0.4) is 0 Å². The standard InChI is InChI=1S/C23H17NO4S/c24-14-16-1-3-17(4-2-16)18-5-7-19(8-6-18)28-23(25)15-29-20-9-10-21-22(13-20)27-12-11-26-21/h1-10,13H,11-12,15H2. The molecule has 6 heteroatoms. The van der Waals surface area contributed by atoms with Crippen molar-refractivity contribution in [2.45, 2.75) is 4.90 Å². The maximum atomic E-state index is 12.2. The van der Waals surface area contributed by atoms with E-state index in [9.17, 15) is 4.79 Å². The molecule has 0 bridgehead atoms. The van der Waals surface area contributed by atoms with Crippen LogP contribution in [0.5, 0.6) is 17.2 Å². The van der Waals surface area contributed by atoms with Crippen LogP contribution in [0, 0.1) is 11.3 Å². The third-order valence-electron chi connectivity index (χ3n) is 4.30. The number of rotatable bonds is 5. The Morgan fingerprint density at radius 2 is 1.59 bits per heavy atom. The van der Waals surface area contributed by atoms with Gasteiger partial charge in [0.05, 0.1) is 17.4 Å². The number of thioether (sulfide) groups is 1. The lowest BCUT2D eigenvalue weighted by Crippen LogP contribution is -2.15. The van der Waals surface area contributed by atoms with Gasteiger partial charge in [-0.15, -0.1) is 11.8 Å². The lowest BCUT2D eigenvalue weighted by atomic mass is 10.0. The number of carbonyl (C=O) groups excluding carboxylic acids is 1. The van der Waals surface area contributed by atoms with Crippen molar-refractivity contribution in [3.63, 3.8) is 0 Å². The zero-order valence-corrected chi connectivity index (χ0v) is 16.3. The molecule has 0 aliphatic carbocycles. The number of nitriles is 1.